The van der Waals surface area contributed by atoms with Gasteiger partial charge in [-0.3, -0.25) is 0 Å². The van der Waals surface area contributed by atoms with Crippen LogP contribution in [0.1, 0.15) is 158 Å². The number of allylic oxidation sites excluding steroid dienone is 1. The van der Waals surface area contributed by atoms with Crippen LogP contribution in [0.2, 0.25) is 72.5 Å². The SMILES string of the molecule is C=C(OS(=O)(=O)C(F)(F)F)C(C)C[C@H]1CC[C@@H]2O[C@@H](CCC(C=CC(O[Si](C)(C)C(C)(C)C)[C@@H]3O[C@H]4CC[C@H](CCO[Si](CC)(CC)CC)O[C@@H]4[C@H](O[Si](C)(C)C(C)(C)C)[C@@H]3O[Si](C)(C)C(C)(C)C)OC(=O)c3ccccc3)C[C@]2(CI)O1. The van der Waals surface area contributed by atoms with Gasteiger partial charge in [-0.25, -0.2) is 4.79 Å². The smallest absolute Gasteiger partial charge is 0.455 e. The van der Waals surface area contributed by atoms with Crippen molar-refractivity contribution in [3.63, 3.8) is 0 Å². The highest BCUT2D eigenvalue weighted by Crippen LogP contribution is 2.49. The van der Waals surface area contributed by atoms with Crippen LogP contribution >= 0.6 is 22.6 Å². The van der Waals surface area contributed by atoms with E-state index in [1.54, 1.807) is 19.1 Å². The zero-order valence-corrected chi connectivity index (χ0v) is 60.8. The minimum atomic E-state index is -5.85. The third-order valence-corrected chi connectivity index (χ3v) is 40.1. The van der Waals surface area contributed by atoms with Gasteiger partial charge in [0.25, 0.3) is 0 Å². The summed E-state index contributed by atoms with van der Waals surface area (Å²) in [5, 5.41) is -0.501. The van der Waals surface area contributed by atoms with Gasteiger partial charge in [-0.1, -0.05) is 143 Å². The second kappa shape index (κ2) is 28.4. The largest absolute Gasteiger partial charge is 0.534 e. The van der Waals surface area contributed by atoms with Crippen LogP contribution in [-0.2, 0) is 55.7 Å². The molecular weight excluding hydrogens is 1270 g/mol. The Morgan fingerprint density at radius 1 is 0.771 bits per heavy atom. The second-order valence-corrected chi connectivity index (χ2v) is 50.0. The highest BCUT2D eigenvalue weighted by atomic mass is 127. The summed E-state index contributed by atoms with van der Waals surface area (Å²) in [7, 11) is -15.4. The Hall–Kier alpha value is -1.01. The first-order valence-electron chi connectivity index (χ1n) is 30.6. The monoisotopic (exact) mass is 1370 g/mol. The molecule has 4 fully saturated rings. The fraction of sp³-hybridized carbons (Fsp3) is 0.820. The summed E-state index contributed by atoms with van der Waals surface area (Å²) in [6.07, 6.45) is 4.40. The van der Waals surface area contributed by atoms with Crippen LogP contribution in [0.4, 0.5) is 13.2 Å². The zero-order valence-electron chi connectivity index (χ0n) is 53.8. The van der Waals surface area contributed by atoms with Crippen molar-refractivity contribution in [2.75, 3.05) is 11.0 Å². The van der Waals surface area contributed by atoms with Gasteiger partial charge in [0.1, 0.15) is 41.9 Å². The molecular formula is C61H106F3IO13SSi4. The van der Waals surface area contributed by atoms with E-state index in [2.05, 4.69) is 162 Å². The Labute approximate surface area is 516 Å². The number of alkyl halides is 4. The first-order chi connectivity index (χ1) is 38.1. The lowest BCUT2D eigenvalue weighted by Gasteiger charge is -2.56. The van der Waals surface area contributed by atoms with Crippen LogP contribution in [0.3, 0.4) is 0 Å². The molecule has 5 rings (SSSR count). The van der Waals surface area contributed by atoms with E-state index in [1.807, 2.05) is 24.3 Å². The van der Waals surface area contributed by atoms with E-state index in [0.717, 1.165) is 37.4 Å². The van der Waals surface area contributed by atoms with E-state index in [0.29, 0.717) is 48.7 Å². The number of rotatable bonds is 27. The molecule has 13 nitrogen and oxygen atoms in total. The lowest BCUT2D eigenvalue weighted by molar-refractivity contribution is -0.267. The fourth-order valence-electron chi connectivity index (χ4n) is 10.9. The molecule has 4 aliphatic heterocycles. The van der Waals surface area contributed by atoms with Gasteiger partial charge in [0.05, 0.1) is 42.2 Å². The molecule has 3 unspecified atom stereocenters. The third-order valence-electron chi connectivity index (χ3n) is 19.7. The zero-order chi connectivity index (χ0) is 62.6. The Morgan fingerprint density at radius 2 is 1.34 bits per heavy atom. The first-order valence-corrected chi connectivity index (χ1v) is 44.8. The molecule has 0 amide bonds. The predicted molar refractivity (Wildman–Crippen MR) is 343 cm³/mol. The minimum Gasteiger partial charge on any atom is -0.455 e. The van der Waals surface area contributed by atoms with Crippen molar-refractivity contribution in [2.24, 2.45) is 5.92 Å². The first kappa shape index (κ1) is 72.7. The molecule has 1 aromatic rings. The average Bonchev–Trinajstić information content (AvgIpc) is 3.77. The quantitative estimate of drug-likeness (QED) is 0.0121. The summed E-state index contributed by atoms with van der Waals surface area (Å²) in [5.41, 5.74) is -5.85. The Morgan fingerprint density at radius 3 is 1.88 bits per heavy atom. The summed E-state index contributed by atoms with van der Waals surface area (Å²) >= 11 is 2.30. The summed E-state index contributed by atoms with van der Waals surface area (Å²) in [6.45, 7) is 46.5. The number of carbonyl (C=O) groups excluding carboxylic acids is 1. The van der Waals surface area contributed by atoms with E-state index in [-0.39, 0.29) is 46.0 Å². The van der Waals surface area contributed by atoms with Crippen LogP contribution in [0.25, 0.3) is 0 Å². The number of hydrogen-bond donors (Lipinski definition) is 0. The van der Waals surface area contributed by atoms with Crippen molar-refractivity contribution in [3.8, 4) is 0 Å². The number of ether oxygens (including phenoxy) is 5. The molecule has 1 aromatic carbocycles. The number of benzene rings is 1. The van der Waals surface area contributed by atoms with Crippen LogP contribution in [0.5, 0.6) is 0 Å². The van der Waals surface area contributed by atoms with Gasteiger partial charge in [0, 0.05) is 23.4 Å². The lowest BCUT2D eigenvalue weighted by Crippen LogP contribution is -2.69. The molecule has 83 heavy (non-hydrogen) atoms. The molecule has 0 radical (unpaired) electrons. The fourth-order valence-corrected chi connectivity index (χ4v) is 19.0. The molecule has 0 N–H and O–H groups in total. The summed E-state index contributed by atoms with van der Waals surface area (Å²) in [4.78, 5) is 14.2. The van der Waals surface area contributed by atoms with Crippen LogP contribution in [-0.4, -0.2) is 137 Å². The minimum absolute atomic E-state index is 0.0357. The molecule has 0 spiro atoms. The maximum Gasteiger partial charge on any atom is 0.534 e. The van der Waals surface area contributed by atoms with Crippen molar-refractivity contribution in [1.82, 2.24) is 0 Å². The molecule has 0 saturated carbocycles. The van der Waals surface area contributed by atoms with Gasteiger partial charge in [-0.2, -0.15) is 21.6 Å². The molecule has 4 saturated heterocycles. The number of carbonyl (C=O) groups is 1. The molecule has 4 aliphatic rings. The van der Waals surface area contributed by atoms with Crippen molar-refractivity contribution in [2.45, 2.75) is 299 Å². The molecule has 0 bridgehead atoms. The number of esters is 1. The van der Waals surface area contributed by atoms with Crippen molar-refractivity contribution < 1.29 is 72.0 Å². The third kappa shape index (κ3) is 18.3. The molecule has 22 heteroatoms. The second-order valence-electron chi connectivity index (χ2n) is 28.7. The van der Waals surface area contributed by atoms with Crippen LogP contribution in [0.15, 0.2) is 54.8 Å². The van der Waals surface area contributed by atoms with E-state index < -0.39 is 115 Å². The number of halogens is 4. The topological polar surface area (TPSA) is 144 Å². The van der Waals surface area contributed by atoms with E-state index >= 15 is 0 Å². The average molecular weight is 1380 g/mol. The Kier molecular flexibility index (Phi) is 24.9. The van der Waals surface area contributed by atoms with E-state index in [1.165, 1.54) is 0 Å². The van der Waals surface area contributed by atoms with Crippen molar-refractivity contribution >= 4 is 71.9 Å². The highest BCUT2D eigenvalue weighted by molar-refractivity contribution is 14.1. The van der Waals surface area contributed by atoms with Gasteiger partial charge >= 0.3 is 21.6 Å². The molecule has 4 heterocycles. The number of fused-ring (bicyclic) bond motifs is 2. The van der Waals surface area contributed by atoms with Gasteiger partial charge in [-0.05, 0) is 142 Å². The highest BCUT2D eigenvalue weighted by Gasteiger charge is 2.59. The molecule has 478 valence electrons. The predicted octanol–water partition coefficient (Wildman–Crippen LogP) is 16.4. The summed E-state index contributed by atoms with van der Waals surface area (Å²) in [6, 6.07) is 12.2. The maximum absolute atomic E-state index is 14.2. The lowest BCUT2D eigenvalue weighted by atomic mass is 9.85. The number of hydrogen-bond acceptors (Lipinski definition) is 13. The van der Waals surface area contributed by atoms with Crippen LogP contribution < -0.4 is 0 Å². The van der Waals surface area contributed by atoms with E-state index in [4.69, 9.17) is 41.4 Å². The van der Waals surface area contributed by atoms with Crippen molar-refractivity contribution in [3.05, 3.63) is 60.4 Å². The normalized spacial score (nSPS) is 28.3. The summed E-state index contributed by atoms with van der Waals surface area (Å²) < 4.78 is 133. The Bertz CT molecular complexity index is 2400. The molecule has 0 aliphatic carbocycles. The van der Waals surface area contributed by atoms with Crippen LogP contribution in [0, 0.1) is 5.92 Å². The van der Waals surface area contributed by atoms with E-state index in [9.17, 15) is 26.4 Å². The van der Waals surface area contributed by atoms with Gasteiger partial charge in [0.15, 0.2) is 33.3 Å². The van der Waals surface area contributed by atoms with Crippen molar-refractivity contribution in [1.29, 1.82) is 0 Å². The maximum atomic E-state index is 14.2. The van der Waals surface area contributed by atoms with Gasteiger partial charge in [-0.15, -0.1) is 0 Å². The Balaban J connectivity index is 1.53. The summed E-state index contributed by atoms with van der Waals surface area (Å²) in [5.74, 6) is -1.70. The molecule has 13 atom stereocenters. The van der Waals surface area contributed by atoms with Gasteiger partial charge in [0.2, 0.25) is 0 Å². The standard InChI is InChI=1S/C61H106F3IO13SSi4/c1-21-83(22-2,23-3)69-38-37-46-31-34-49-52(71-46)54(77-81(17,18)58(9,10)11)55(78-82(19,20)59(12,13)14)53(73-49)50(76-80(15,16)57(6,7)8)35-32-45(72-56(66)44-27-25-24-26-28-44)29-30-48-40-60(41-65)51(70-48)36-33-47(74-60)39-42(4)43(5)75-79(67,68)61(62,63)64/h24-28,32,35,42,45-55H,5,21-23,29-31,33-34,36-41H2,1-4,6-20H3/t42?,45?,46-,47-,48+,49+,50?,51+,52+,53+,54+,55-,60-/m1/s1. The van der Waals surface area contributed by atoms with Gasteiger partial charge < -0.3 is 45.6 Å². The molecule has 0 aromatic heterocycles.